The van der Waals surface area contributed by atoms with Gasteiger partial charge < -0.3 is 9.84 Å². The maximum Gasteiger partial charge on any atom is 0.338 e. The van der Waals surface area contributed by atoms with Crippen molar-refractivity contribution in [1.82, 2.24) is 0 Å². The number of carbonyl (C=O) groups excluding carboxylic acids is 1. The van der Waals surface area contributed by atoms with Crippen LogP contribution in [0.4, 0.5) is 8.78 Å². The molecule has 4 aromatic carbocycles. The summed E-state index contributed by atoms with van der Waals surface area (Å²) in [7, 11) is 0. The molecule has 0 bridgehead atoms. The minimum atomic E-state index is -2.86. The van der Waals surface area contributed by atoms with Gasteiger partial charge in [0.1, 0.15) is 6.10 Å². The predicted molar refractivity (Wildman–Crippen MR) is 134 cm³/mol. The molecule has 0 aliphatic rings. The Hall–Kier alpha value is -3.22. The molecule has 1 atom stereocenters. The van der Waals surface area contributed by atoms with Crippen molar-refractivity contribution in [2.45, 2.75) is 24.3 Å². The molecular formula is C28H24F2O3S. The van der Waals surface area contributed by atoms with Crippen LogP contribution in [0.1, 0.15) is 28.9 Å². The van der Waals surface area contributed by atoms with Crippen molar-refractivity contribution in [2.75, 3.05) is 12.9 Å². The number of thioether (sulfide) groups is 1. The van der Waals surface area contributed by atoms with Crippen LogP contribution in [0.2, 0.25) is 0 Å². The SMILES string of the molecule is CCOC(=O)c1cc(-c2ccc(C(O)C(F)F)cc2)c2ccc(-c3ccc(SC)cc3)cc2c1. The van der Waals surface area contributed by atoms with Crippen molar-refractivity contribution < 1.29 is 23.4 Å². The molecule has 34 heavy (non-hydrogen) atoms. The number of carbonyl (C=O) groups is 1. The fraction of sp³-hybridized carbons (Fsp3) is 0.179. The van der Waals surface area contributed by atoms with E-state index in [0.717, 1.165) is 33.0 Å². The summed E-state index contributed by atoms with van der Waals surface area (Å²) >= 11 is 1.68. The van der Waals surface area contributed by atoms with Crippen molar-refractivity contribution >= 4 is 28.5 Å². The van der Waals surface area contributed by atoms with Crippen LogP contribution in [-0.2, 0) is 4.74 Å². The molecule has 0 heterocycles. The first-order chi connectivity index (χ1) is 16.4. The third kappa shape index (κ3) is 4.98. The Labute approximate surface area is 201 Å². The van der Waals surface area contributed by atoms with E-state index in [9.17, 15) is 18.7 Å². The normalized spacial score (nSPS) is 12.2. The van der Waals surface area contributed by atoms with E-state index < -0.39 is 18.5 Å². The maximum absolute atomic E-state index is 12.9. The van der Waals surface area contributed by atoms with E-state index in [4.69, 9.17) is 4.74 Å². The fourth-order valence-corrected chi connectivity index (χ4v) is 4.32. The topological polar surface area (TPSA) is 46.5 Å². The summed E-state index contributed by atoms with van der Waals surface area (Å²) in [6, 6.07) is 24.2. The van der Waals surface area contributed by atoms with Crippen LogP contribution < -0.4 is 0 Å². The van der Waals surface area contributed by atoms with Gasteiger partial charge in [-0.3, -0.25) is 0 Å². The number of hydrogen-bond acceptors (Lipinski definition) is 4. The van der Waals surface area contributed by atoms with Crippen molar-refractivity contribution in [3.8, 4) is 22.3 Å². The smallest absolute Gasteiger partial charge is 0.338 e. The number of ether oxygens (including phenoxy) is 1. The molecule has 4 rings (SSSR count). The second-order valence-corrected chi connectivity index (χ2v) is 8.69. The number of fused-ring (bicyclic) bond motifs is 1. The zero-order valence-corrected chi connectivity index (χ0v) is 19.6. The van der Waals surface area contributed by atoms with Crippen LogP contribution in [0.5, 0.6) is 0 Å². The van der Waals surface area contributed by atoms with Gasteiger partial charge in [-0.15, -0.1) is 11.8 Å². The molecule has 0 saturated heterocycles. The van der Waals surface area contributed by atoms with E-state index >= 15 is 0 Å². The largest absolute Gasteiger partial charge is 0.462 e. The van der Waals surface area contributed by atoms with Crippen LogP contribution in [0.25, 0.3) is 33.0 Å². The molecule has 0 radical (unpaired) electrons. The van der Waals surface area contributed by atoms with Gasteiger partial charge in [-0.25, -0.2) is 13.6 Å². The highest BCUT2D eigenvalue weighted by Crippen LogP contribution is 2.35. The van der Waals surface area contributed by atoms with Crippen LogP contribution in [-0.4, -0.2) is 30.4 Å². The molecule has 4 aromatic rings. The number of halogens is 2. The van der Waals surface area contributed by atoms with Crippen molar-refractivity contribution in [1.29, 1.82) is 0 Å². The van der Waals surface area contributed by atoms with Gasteiger partial charge in [-0.1, -0.05) is 48.5 Å². The Morgan fingerprint density at radius 2 is 1.56 bits per heavy atom. The summed E-state index contributed by atoms with van der Waals surface area (Å²) in [4.78, 5) is 13.8. The van der Waals surface area contributed by atoms with Crippen LogP contribution in [0.15, 0.2) is 83.8 Å². The van der Waals surface area contributed by atoms with Gasteiger partial charge in [0.15, 0.2) is 0 Å². The van der Waals surface area contributed by atoms with Crippen molar-refractivity contribution in [2.24, 2.45) is 0 Å². The van der Waals surface area contributed by atoms with Crippen LogP contribution in [0, 0.1) is 0 Å². The molecule has 174 valence electrons. The number of rotatable bonds is 7. The van der Waals surface area contributed by atoms with Crippen LogP contribution >= 0.6 is 11.8 Å². The molecule has 0 fully saturated rings. The number of benzene rings is 4. The van der Waals surface area contributed by atoms with Gasteiger partial charge in [0, 0.05) is 4.90 Å². The number of esters is 1. The average Bonchev–Trinajstić information content (AvgIpc) is 2.87. The predicted octanol–water partition coefficient (Wildman–Crippen LogP) is 7.37. The number of aliphatic hydroxyl groups excluding tert-OH is 1. The van der Waals surface area contributed by atoms with E-state index in [2.05, 4.69) is 24.3 Å². The summed E-state index contributed by atoms with van der Waals surface area (Å²) in [6.45, 7) is 2.01. The van der Waals surface area contributed by atoms with Gasteiger partial charge in [-0.2, -0.15) is 0 Å². The van der Waals surface area contributed by atoms with E-state index in [1.165, 1.54) is 17.0 Å². The van der Waals surface area contributed by atoms with Crippen LogP contribution in [0.3, 0.4) is 0 Å². The monoisotopic (exact) mass is 478 g/mol. The van der Waals surface area contributed by atoms with Crippen molar-refractivity contribution in [3.05, 3.63) is 90.0 Å². The first-order valence-corrected chi connectivity index (χ1v) is 12.1. The molecule has 1 unspecified atom stereocenters. The Morgan fingerprint density at radius 1 is 0.912 bits per heavy atom. The summed E-state index contributed by atoms with van der Waals surface area (Å²) in [5.41, 5.74) is 4.16. The van der Waals surface area contributed by atoms with E-state index in [1.54, 1.807) is 36.9 Å². The minimum Gasteiger partial charge on any atom is -0.462 e. The number of alkyl halides is 2. The molecule has 3 nitrogen and oxygen atoms in total. The molecule has 0 aromatic heterocycles. The summed E-state index contributed by atoms with van der Waals surface area (Å²) < 4.78 is 31.0. The molecule has 0 spiro atoms. The minimum absolute atomic E-state index is 0.139. The first kappa shape index (κ1) is 23.9. The lowest BCUT2D eigenvalue weighted by Gasteiger charge is -2.14. The fourth-order valence-electron chi connectivity index (χ4n) is 3.91. The third-order valence-corrected chi connectivity index (χ3v) is 6.43. The van der Waals surface area contributed by atoms with E-state index in [0.29, 0.717) is 5.56 Å². The average molecular weight is 479 g/mol. The lowest BCUT2D eigenvalue weighted by atomic mass is 9.92. The molecule has 0 aliphatic heterocycles. The van der Waals surface area contributed by atoms with Gasteiger partial charge in [0.2, 0.25) is 0 Å². The highest BCUT2D eigenvalue weighted by Gasteiger charge is 2.19. The summed E-state index contributed by atoms with van der Waals surface area (Å²) in [6.07, 6.45) is -2.66. The number of aliphatic hydroxyl groups is 1. The zero-order valence-electron chi connectivity index (χ0n) is 18.8. The van der Waals surface area contributed by atoms with Gasteiger partial charge in [0.25, 0.3) is 6.43 Å². The quantitative estimate of drug-likeness (QED) is 0.222. The molecular weight excluding hydrogens is 454 g/mol. The summed E-state index contributed by atoms with van der Waals surface area (Å²) in [5, 5.41) is 11.4. The lowest BCUT2D eigenvalue weighted by molar-refractivity contribution is -0.00577. The second kappa shape index (κ2) is 10.4. The first-order valence-electron chi connectivity index (χ1n) is 10.9. The Morgan fingerprint density at radius 3 is 2.18 bits per heavy atom. The lowest BCUT2D eigenvalue weighted by Crippen LogP contribution is -2.07. The second-order valence-electron chi connectivity index (χ2n) is 7.81. The summed E-state index contributed by atoms with van der Waals surface area (Å²) in [5.74, 6) is -0.426. The third-order valence-electron chi connectivity index (χ3n) is 5.69. The Kier molecular flexibility index (Phi) is 7.29. The number of hydrogen-bond donors (Lipinski definition) is 1. The molecule has 1 N–H and O–H groups in total. The van der Waals surface area contributed by atoms with E-state index in [-0.39, 0.29) is 12.2 Å². The molecule has 6 heteroatoms. The Balaban J connectivity index is 1.83. The van der Waals surface area contributed by atoms with Gasteiger partial charge in [-0.05, 0) is 82.1 Å². The van der Waals surface area contributed by atoms with E-state index in [1.807, 2.05) is 30.5 Å². The van der Waals surface area contributed by atoms with Crippen molar-refractivity contribution in [3.63, 3.8) is 0 Å². The van der Waals surface area contributed by atoms with Gasteiger partial charge >= 0.3 is 5.97 Å². The molecule has 0 aliphatic carbocycles. The highest BCUT2D eigenvalue weighted by atomic mass is 32.2. The Bertz CT molecular complexity index is 1300. The molecule has 0 amide bonds. The molecule has 0 saturated carbocycles. The van der Waals surface area contributed by atoms with Gasteiger partial charge in [0.05, 0.1) is 12.2 Å². The standard InChI is InChI=1S/C28H24F2O3S/c1-3-33-28(32)22-15-21-14-20(17-8-11-23(34-2)12-9-17)10-13-24(21)25(16-22)18-4-6-19(7-5-18)26(31)27(29)30/h4-16,26-27,31H,3H2,1-2H3. The highest BCUT2D eigenvalue weighted by molar-refractivity contribution is 7.98. The zero-order chi connectivity index (χ0) is 24.2. The maximum atomic E-state index is 12.9.